The van der Waals surface area contributed by atoms with Crippen LogP contribution in [0.5, 0.6) is 11.5 Å². The molecule has 0 bridgehead atoms. The third kappa shape index (κ3) is 5.04. The number of hydrogen-bond acceptors (Lipinski definition) is 10. The molecule has 0 saturated heterocycles. The van der Waals surface area contributed by atoms with Crippen LogP contribution in [0.4, 0.5) is 17.6 Å². The Morgan fingerprint density at radius 1 is 1.11 bits per heavy atom. The molecule has 2 aromatic carbocycles. The van der Waals surface area contributed by atoms with Gasteiger partial charge in [0, 0.05) is 12.2 Å². The van der Waals surface area contributed by atoms with Crippen LogP contribution in [0.1, 0.15) is 23.3 Å². The van der Waals surface area contributed by atoms with E-state index in [0.29, 0.717) is 47.4 Å². The Kier molecular flexibility index (Phi) is 6.49. The minimum absolute atomic E-state index is 0.145. The van der Waals surface area contributed by atoms with E-state index >= 15 is 0 Å². The summed E-state index contributed by atoms with van der Waals surface area (Å²) in [6.45, 7) is 6.74. The van der Waals surface area contributed by atoms with Crippen molar-refractivity contribution < 1.29 is 9.47 Å². The molecule has 35 heavy (non-hydrogen) atoms. The van der Waals surface area contributed by atoms with Crippen molar-refractivity contribution in [2.24, 2.45) is 0 Å². The molecular formula is C24H24N8O2S. The molecule has 1 aliphatic rings. The van der Waals surface area contributed by atoms with E-state index in [2.05, 4.69) is 37.0 Å². The van der Waals surface area contributed by atoms with Gasteiger partial charge in [-0.05, 0) is 30.7 Å². The molecule has 3 heterocycles. The first-order valence-electron chi connectivity index (χ1n) is 11.0. The highest BCUT2D eigenvalue weighted by atomic mass is 32.2. The second-order valence-corrected chi connectivity index (χ2v) is 8.71. The first kappa shape index (κ1) is 22.7. The van der Waals surface area contributed by atoms with E-state index in [1.54, 1.807) is 6.08 Å². The first-order valence-corrected chi connectivity index (χ1v) is 12.0. The summed E-state index contributed by atoms with van der Waals surface area (Å²) in [6.07, 6.45) is 1.41. The number of nitrogens with zero attached hydrogens (tertiary/aromatic N) is 6. The SMILES string of the molecule is C=CCn1c(SCc2nc(N)nc(Nc3ccccc3C)n2)nnc1[C@H]1COc2ccccc2O1. The van der Waals surface area contributed by atoms with Gasteiger partial charge >= 0.3 is 0 Å². The minimum Gasteiger partial charge on any atom is -0.485 e. The number of fused-ring (bicyclic) bond motifs is 1. The highest BCUT2D eigenvalue weighted by Crippen LogP contribution is 2.36. The van der Waals surface area contributed by atoms with Crippen molar-refractivity contribution in [2.75, 3.05) is 17.7 Å². The third-order valence-electron chi connectivity index (χ3n) is 5.27. The number of rotatable bonds is 8. The molecule has 5 rings (SSSR count). The van der Waals surface area contributed by atoms with Crippen LogP contribution in [0.15, 0.2) is 66.3 Å². The van der Waals surface area contributed by atoms with Crippen LogP contribution in [-0.4, -0.2) is 36.3 Å². The monoisotopic (exact) mass is 488 g/mol. The predicted molar refractivity (Wildman–Crippen MR) is 134 cm³/mol. The van der Waals surface area contributed by atoms with Gasteiger partial charge < -0.3 is 20.5 Å². The molecule has 0 radical (unpaired) electrons. The quantitative estimate of drug-likeness (QED) is 0.277. The van der Waals surface area contributed by atoms with Gasteiger partial charge in [0.25, 0.3) is 0 Å². The second kappa shape index (κ2) is 10.0. The van der Waals surface area contributed by atoms with E-state index in [0.717, 1.165) is 17.0 Å². The second-order valence-electron chi connectivity index (χ2n) is 7.77. The highest BCUT2D eigenvalue weighted by molar-refractivity contribution is 7.98. The molecular weight excluding hydrogens is 464 g/mol. The number of ether oxygens (including phenoxy) is 2. The molecule has 11 heteroatoms. The molecule has 178 valence electrons. The first-order chi connectivity index (χ1) is 17.1. The zero-order valence-electron chi connectivity index (χ0n) is 19.1. The summed E-state index contributed by atoms with van der Waals surface area (Å²) in [5.41, 5.74) is 7.93. The molecule has 0 saturated carbocycles. The van der Waals surface area contributed by atoms with E-state index in [9.17, 15) is 0 Å². The molecule has 3 N–H and O–H groups in total. The number of allylic oxidation sites excluding steroid dienone is 1. The molecule has 10 nitrogen and oxygen atoms in total. The maximum Gasteiger partial charge on any atom is 0.232 e. The average molecular weight is 489 g/mol. The molecule has 0 amide bonds. The van der Waals surface area contributed by atoms with Crippen LogP contribution in [0.3, 0.4) is 0 Å². The zero-order chi connectivity index (χ0) is 24.2. The van der Waals surface area contributed by atoms with Crippen molar-refractivity contribution in [1.29, 1.82) is 0 Å². The van der Waals surface area contributed by atoms with Crippen molar-refractivity contribution >= 4 is 29.3 Å². The Bertz CT molecular complexity index is 1360. The number of aromatic nitrogens is 6. The number of nitrogen functional groups attached to an aromatic ring is 1. The van der Waals surface area contributed by atoms with Gasteiger partial charge in [-0.25, -0.2) is 0 Å². The third-order valence-corrected chi connectivity index (χ3v) is 6.24. The zero-order valence-corrected chi connectivity index (χ0v) is 19.9. The number of nitrogens with one attached hydrogen (secondary N) is 1. The Balaban J connectivity index is 1.33. The fourth-order valence-electron chi connectivity index (χ4n) is 3.61. The van der Waals surface area contributed by atoms with Gasteiger partial charge in [-0.1, -0.05) is 48.2 Å². The maximum atomic E-state index is 6.13. The lowest BCUT2D eigenvalue weighted by Crippen LogP contribution is -2.25. The molecule has 0 spiro atoms. The van der Waals surface area contributed by atoms with Gasteiger partial charge in [0.1, 0.15) is 12.4 Å². The van der Waals surface area contributed by atoms with Crippen LogP contribution in [-0.2, 0) is 12.3 Å². The lowest BCUT2D eigenvalue weighted by molar-refractivity contribution is 0.0821. The number of para-hydroxylation sites is 3. The molecule has 0 aliphatic carbocycles. The van der Waals surface area contributed by atoms with Crippen LogP contribution < -0.4 is 20.5 Å². The van der Waals surface area contributed by atoms with Crippen LogP contribution in [0, 0.1) is 6.92 Å². The Morgan fingerprint density at radius 3 is 2.74 bits per heavy atom. The number of hydrogen-bond donors (Lipinski definition) is 2. The standard InChI is InChI=1S/C24H24N8O2S/c1-3-12-32-21(19-13-33-17-10-6-7-11-18(17)34-19)30-31-24(32)35-14-20-27-22(25)29-23(28-20)26-16-9-5-4-8-15(16)2/h3-11,19H,1,12-14H2,2H3,(H3,25,26,27,28,29)/t19-/m1/s1. The van der Waals surface area contributed by atoms with Gasteiger partial charge in [-0.15, -0.1) is 16.8 Å². The summed E-state index contributed by atoms with van der Waals surface area (Å²) in [4.78, 5) is 13.0. The number of thioether (sulfide) groups is 1. The van der Waals surface area contributed by atoms with Gasteiger partial charge in [0.05, 0.1) is 5.75 Å². The van der Waals surface area contributed by atoms with Crippen LogP contribution >= 0.6 is 11.8 Å². The summed E-state index contributed by atoms with van der Waals surface area (Å²) in [7, 11) is 0. The van der Waals surface area contributed by atoms with E-state index in [4.69, 9.17) is 15.2 Å². The summed E-state index contributed by atoms with van der Waals surface area (Å²) < 4.78 is 13.9. The topological polar surface area (TPSA) is 126 Å². The van der Waals surface area contributed by atoms with E-state index in [1.807, 2.05) is 60.0 Å². The largest absolute Gasteiger partial charge is 0.485 e. The van der Waals surface area contributed by atoms with Crippen molar-refractivity contribution in [3.63, 3.8) is 0 Å². The summed E-state index contributed by atoms with van der Waals surface area (Å²) in [5, 5.41) is 12.7. The fraction of sp³-hybridized carbons (Fsp3) is 0.208. The minimum atomic E-state index is -0.385. The van der Waals surface area contributed by atoms with Gasteiger partial charge in [0.2, 0.25) is 11.9 Å². The normalized spacial score (nSPS) is 14.5. The van der Waals surface area contributed by atoms with Crippen molar-refractivity contribution in [3.05, 3.63) is 78.4 Å². The Hall–Kier alpha value is -4.12. The van der Waals surface area contributed by atoms with E-state index in [1.165, 1.54) is 11.8 Å². The predicted octanol–water partition coefficient (Wildman–Crippen LogP) is 4.09. The molecule has 1 atom stereocenters. The van der Waals surface area contributed by atoms with Crippen molar-refractivity contribution in [3.8, 4) is 11.5 Å². The summed E-state index contributed by atoms with van der Waals surface area (Å²) >= 11 is 1.45. The van der Waals surface area contributed by atoms with E-state index in [-0.39, 0.29) is 12.1 Å². The van der Waals surface area contributed by atoms with Gasteiger partial charge in [-0.3, -0.25) is 4.57 Å². The summed E-state index contributed by atoms with van der Waals surface area (Å²) in [6, 6.07) is 15.5. The number of nitrogens with two attached hydrogens (primary N) is 1. The van der Waals surface area contributed by atoms with Gasteiger partial charge in [0.15, 0.2) is 28.6 Å². The molecule has 0 fully saturated rings. The number of aryl methyl sites for hydroxylation is 1. The fourth-order valence-corrected chi connectivity index (χ4v) is 4.42. The smallest absolute Gasteiger partial charge is 0.232 e. The van der Waals surface area contributed by atoms with Crippen LogP contribution in [0.2, 0.25) is 0 Å². The van der Waals surface area contributed by atoms with Crippen LogP contribution in [0.25, 0.3) is 0 Å². The number of anilines is 3. The number of benzene rings is 2. The van der Waals surface area contributed by atoms with Crippen molar-refractivity contribution in [1.82, 2.24) is 29.7 Å². The molecule has 0 unspecified atom stereocenters. The molecule has 4 aromatic rings. The molecule has 1 aliphatic heterocycles. The lowest BCUT2D eigenvalue weighted by Gasteiger charge is -2.26. The van der Waals surface area contributed by atoms with Gasteiger partial charge in [-0.2, -0.15) is 15.0 Å². The lowest BCUT2D eigenvalue weighted by atomic mass is 10.2. The summed E-state index contributed by atoms with van der Waals surface area (Å²) in [5.74, 6) is 3.55. The highest BCUT2D eigenvalue weighted by Gasteiger charge is 2.28. The van der Waals surface area contributed by atoms with E-state index < -0.39 is 0 Å². The molecule has 2 aromatic heterocycles. The average Bonchev–Trinajstić information content (AvgIpc) is 3.26. The van der Waals surface area contributed by atoms with Crippen molar-refractivity contribution in [2.45, 2.75) is 30.5 Å². The Labute approximate surface area is 206 Å². The Morgan fingerprint density at radius 2 is 1.91 bits per heavy atom. The maximum absolute atomic E-state index is 6.13.